The molecule has 1 aromatic heterocycles. The van der Waals surface area contributed by atoms with E-state index in [2.05, 4.69) is 4.98 Å². The lowest BCUT2D eigenvalue weighted by molar-refractivity contribution is -0.0948. The number of ketones is 1. The summed E-state index contributed by atoms with van der Waals surface area (Å²) in [5, 5.41) is 0.908. The number of ether oxygens (including phenoxy) is 2. The second-order valence-electron chi connectivity index (χ2n) is 4.30. The molecule has 4 nitrogen and oxygen atoms in total. The zero-order valence-corrected chi connectivity index (χ0v) is 11.2. The van der Waals surface area contributed by atoms with Gasteiger partial charge in [0.05, 0.1) is 10.6 Å². The van der Waals surface area contributed by atoms with Crippen LogP contribution in [-0.4, -0.2) is 31.1 Å². The molecular formula is C12H17NO3S. The molecule has 94 valence electrons. The summed E-state index contributed by atoms with van der Waals surface area (Å²) in [6.45, 7) is 4.82. The minimum absolute atomic E-state index is 0.0737. The van der Waals surface area contributed by atoms with Crippen molar-refractivity contribution < 1.29 is 14.3 Å². The van der Waals surface area contributed by atoms with Gasteiger partial charge in [-0.3, -0.25) is 4.79 Å². The van der Waals surface area contributed by atoms with Gasteiger partial charge in [0, 0.05) is 40.1 Å². The molecule has 17 heavy (non-hydrogen) atoms. The first-order valence-electron chi connectivity index (χ1n) is 5.71. The average Bonchev–Trinajstić information content (AvgIpc) is 2.73. The fourth-order valence-electron chi connectivity index (χ4n) is 2.12. The highest BCUT2D eigenvalue weighted by atomic mass is 32.1. The maximum absolute atomic E-state index is 11.5. The van der Waals surface area contributed by atoms with Gasteiger partial charge in [0.25, 0.3) is 0 Å². The minimum atomic E-state index is -0.360. The molecule has 0 saturated carbocycles. The molecule has 0 N–H and O–H groups in total. The normalized spacial score (nSPS) is 19.2. The summed E-state index contributed by atoms with van der Waals surface area (Å²) in [6, 6.07) is 0. The lowest BCUT2D eigenvalue weighted by Crippen LogP contribution is -2.35. The van der Waals surface area contributed by atoms with Crippen LogP contribution in [0.5, 0.6) is 0 Å². The molecule has 2 rings (SSSR count). The largest absolute Gasteiger partial charge is 0.381 e. The Bertz CT molecular complexity index is 421. The number of hydrogen-bond acceptors (Lipinski definition) is 5. The number of rotatable bonds is 3. The Balaban J connectivity index is 2.37. The van der Waals surface area contributed by atoms with Crippen molar-refractivity contribution in [2.24, 2.45) is 0 Å². The lowest BCUT2D eigenvalue weighted by atomic mass is 9.95. The number of carbonyl (C=O) groups excluding carboxylic acids is 1. The Kier molecular flexibility index (Phi) is 3.61. The van der Waals surface area contributed by atoms with Crippen LogP contribution in [0.1, 0.15) is 40.1 Å². The number of Topliss-reactive ketones (excluding diaryl/α,β-unsaturated/α-hetero) is 1. The Labute approximate surface area is 105 Å². The number of thiazole rings is 1. The second kappa shape index (κ2) is 4.84. The maximum atomic E-state index is 11.5. The first kappa shape index (κ1) is 12.7. The van der Waals surface area contributed by atoms with E-state index in [0.717, 1.165) is 28.4 Å². The predicted octanol–water partition coefficient (Wildman–Crippen LogP) is 2.31. The van der Waals surface area contributed by atoms with E-state index in [4.69, 9.17) is 9.47 Å². The smallest absolute Gasteiger partial charge is 0.171 e. The van der Waals surface area contributed by atoms with Crippen molar-refractivity contribution in [3.05, 3.63) is 15.6 Å². The van der Waals surface area contributed by atoms with E-state index in [0.29, 0.717) is 13.2 Å². The molecule has 0 aromatic carbocycles. The zero-order chi connectivity index (χ0) is 12.5. The molecule has 1 saturated heterocycles. The van der Waals surface area contributed by atoms with Crippen LogP contribution in [-0.2, 0) is 15.1 Å². The second-order valence-corrected chi connectivity index (χ2v) is 5.30. The first-order valence-corrected chi connectivity index (χ1v) is 6.52. The van der Waals surface area contributed by atoms with Crippen molar-refractivity contribution in [2.45, 2.75) is 32.3 Å². The highest BCUT2D eigenvalue weighted by Gasteiger charge is 2.38. The van der Waals surface area contributed by atoms with Gasteiger partial charge in [0.1, 0.15) is 10.6 Å². The fourth-order valence-corrected chi connectivity index (χ4v) is 3.31. The molecule has 0 amide bonds. The molecule has 1 aliphatic heterocycles. The minimum Gasteiger partial charge on any atom is -0.381 e. The Morgan fingerprint density at radius 1 is 1.47 bits per heavy atom. The summed E-state index contributed by atoms with van der Waals surface area (Å²) in [7, 11) is 1.70. The summed E-state index contributed by atoms with van der Waals surface area (Å²) >= 11 is 1.46. The van der Waals surface area contributed by atoms with Gasteiger partial charge in [0.2, 0.25) is 0 Å². The summed E-state index contributed by atoms with van der Waals surface area (Å²) in [5.41, 5.74) is 0.446. The third kappa shape index (κ3) is 2.27. The van der Waals surface area contributed by atoms with Crippen molar-refractivity contribution in [2.75, 3.05) is 20.3 Å². The third-order valence-corrected chi connectivity index (χ3v) is 4.64. The quantitative estimate of drug-likeness (QED) is 0.778. The number of aryl methyl sites for hydroxylation is 1. The number of aromatic nitrogens is 1. The van der Waals surface area contributed by atoms with E-state index < -0.39 is 0 Å². The van der Waals surface area contributed by atoms with Gasteiger partial charge in [-0.15, -0.1) is 11.3 Å². The van der Waals surface area contributed by atoms with Gasteiger partial charge in [-0.2, -0.15) is 0 Å². The summed E-state index contributed by atoms with van der Waals surface area (Å²) in [5.74, 6) is 0.0737. The maximum Gasteiger partial charge on any atom is 0.171 e. The molecule has 0 atom stereocenters. The van der Waals surface area contributed by atoms with Gasteiger partial charge < -0.3 is 9.47 Å². The van der Waals surface area contributed by atoms with E-state index in [1.165, 1.54) is 11.3 Å². The molecule has 0 aliphatic carbocycles. The van der Waals surface area contributed by atoms with Crippen molar-refractivity contribution in [1.29, 1.82) is 0 Å². The molecule has 1 aliphatic rings. The van der Waals surface area contributed by atoms with Crippen LogP contribution in [0.4, 0.5) is 0 Å². The summed E-state index contributed by atoms with van der Waals surface area (Å²) in [6.07, 6.45) is 1.60. The Morgan fingerprint density at radius 3 is 2.59 bits per heavy atom. The molecule has 0 radical (unpaired) electrons. The number of carbonyl (C=O) groups is 1. The summed E-state index contributed by atoms with van der Waals surface area (Å²) < 4.78 is 11.0. The number of nitrogens with zero attached hydrogens (tertiary/aromatic N) is 1. The molecule has 1 aromatic rings. The van der Waals surface area contributed by atoms with Crippen molar-refractivity contribution in [3.63, 3.8) is 0 Å². The molecular weight excluding hydrogens is 238 g/mol. The van der Waals surface area contributed by atoms with Crippen LogP contribution in [0, 0.1) is 6.92 Å². The topological polar surface area (TPSA) is 48.4 Å². The van der Waals surface area contributed by atoms with Gasteiger partial charge in [-0.25, -0.2) is 4.98 Å². The van der Waals surface area contributed by atoms with Gasteiger partial charge in [-0.05, 0) is 6.92 Å². The SMILES string of the molecule is COC1(c2nc(C)c(C(C)=O)s2)CCOCC1. The standard InChI is InChI=1S/C12H17NO3S/c1-8-10(9(2)14)17-11(13-8)12(15-3)4-6-16-7-5-12/h4-7H2,1-3H3. The third-order valence-electron chi connectivity index (χ3n) is 3.20. The highest BCUT2D eigenvalue weighted by molar-refractivity contribution is 7.14. The van der Waals surface area contributed by atoms with E-state index in [9.17, 15) is 4.79 Å². The van der Waals surface area contributed by atoms with Crippen LogP contribution in [0.15, 0.2) is 0 Å². The van der Waals surface area contributed by atoms with Crippen LogP contribution >= 0.6 is 11.3 Å². The van der Waals surface area contributed by atoms with Gasteiger partial charge >= 0.3 is 0 Å². The fraction of sp³-hybridized carbons (Fsp3) is 0.667. The lowest BCUT2D eigenvalue weighted by Gasteiger charge is -2.33. The van der Waals surface area contributed by atoms with Crippen LogP contribution in [0.3, 0.4) is 0 Å². The predicted molar refractivity (Wildman–Crippen MR) is 65.6 cm³/mol. The summed E-state index contributed by atoms with van der Waals surface area (Å²) in [4.78, 5) is 16.7. The first-order chi connectivity index (χ1) is 8.09. The van der Waals surface area contributed by atoms with Crippen LogP contribution in [0.25, 0.3) is 0 Å². The Morgan fingerprint density at radius 2 is 2.12 bits per heavy atom. The number of hydrogen-bond donors (Lipinski definition) is 0. The van der Waals surface area contributed by atoms with Gasteiger partial charge in [0.15, 0.2) is 5.78 Å². The Hall–Kier alpha value is -0.780. The van der Waals surface area contributed by atoms with E-state index >= 15 is 0 Å². The average molecular weight is 255 g/mol. The van der Waals surface area contributed by atoms with E-state index in [-0.39, 0.29) is 11.4 Å². The zero-order valence-electron chi connectivity index (χ0n) is 10.4. The van der Waals surface area contributed by atoms with Crippen molar-refractivity contribution >= 4 is 17.1 Å². The highest BCUT2D eigenvalue weighted by Crippen LogP contribution is 2.38. The molecule has 0 bridgehead atoms. The molecule has 1 fully saturated rings. The van der Waals surface area contributed by atoms with E-state index in [1.807, 2.05) is 6.92 Å². The van der Waals surface area contributed by atoms with Crippen LogP contribution < -0.4 is 0 Å². The monoisotopic (exact) mass is 255 g/mol. The number of methoxy groups -OCH3 is 1. The van der Waals surface area contributed by atoms with Gasteiger partial charge in [-0.1, -0.05) is 0 Å². The van der Waals surface area contributed by atoms with Crippen molar-refractivity contribution in [1.82, 2.24) is 4.98 Å². The van der Waals surface area contributed by atoms with Crippen LogP contribution in [0.2, 0.25) is 0 Å². The molecule has 0 unspecified atom stereocenters. The van der Waals surface area contributed by atoms with Crippen molar-refractivity contribution in [3.8, 4) is 0 Å². The molecule has 0 spiro atoms. The molecule has 5 heteroatoms. The van der Waals surface area contributed by atoms with E-state index in [1.54, 1.807) is 14.0 Å². The molecule has 2 heterocycles.